The maximum atomic E-state index is 5.23. The van der Waals surface area contributed by atoms with Gasteiger partial charge in [-0.05, 0) is 23.6 Å². The summed E-state index contributed by atoms with van der Waals surface area (Å²) in [7, 11) is 1.66. The van der Waals surface area contributed by atoms with Crippen molar-refractivity contribution in [1.29, 1.82) is 0 Å². The molecule has 0 aliphatic heterocycles. The number of hydrogen-bond donors (Lipinski definition) is 1. The molecule has 4 nitrogen and oxygen atoms in total. The third kappa shape index (κ3) is 3.48. The number of thiazole rings is 1. The molecule has 1 N–H and O–H groups in total. The molecule has 3 rings (SSSR count). The van der Waals surface area contributed by atoms with Crippen molar-refractivity contribution in [1.82, 2.24) is 4.98 Å². The molecule has 0 amide bonds. The smallest absolute Gasteiger partial charge is 0.203 e. The molecule has 0 aliphatic rings. The van der Waals surface area contributed by atoms with E-state index < -0.39 is 0 Å². The summed E-state index contributed by atoms with van der Waals surface area (Å²) in [5.41, 5.74) is 4.89. The van der Waals surface area contributed by atoms with Crippen LogP contribution in [-0.2, 0) is 0 Å². The largest absolute Gasteiger partial charge is 0.497 e. The highest BCUT2D eigenvalue weighted by Crippen LogP contribution is 2.27. The van der Waals surface area contributed by atoms with Gasteiger partial charge in [-0.2, -0.15) is 5.10 Å². The summed E-state index contributed by atoms with van der Waals surface area (Å²) in [5, 5.41) is 8.97. The lowest BCUT2D eigenvalue weighted by atomic mass is 10.2. The Bertz CT molecular complexity index is 735. The predicted octanol–water partition coefficient (Wildman–Crippen LogP) is 4.33. The van der Waals surface area contributed by atoms with Crippen LogP contribution in [0.5, 0.6) is 5.75 Å². The molecule has 0 bridgehead atoms. The molecule has 0 aliphatic carbocycles. The zero-order chi connectivity index (χ0) is 14.5. The van der Waals surface area contributed by atoms with Crippen LogP contribution in [0, 0.1) is 0 Å². The number of ether oxygens (including phenoxy) is 1. The first kappa shape index (κ1) is 13.8. The van der Waals surface area contributed by atoms with Gasteiger partial charge in [0.15, 0.2) is 0 Å². The fourth-order valence-corrected chi connectivity index (χ4v) is 3.01. The first-order valence-corrected chi connectivity index (χ1v) is 8.03. The molecule has 0 radical (unpaired) electrons. The zero-order valence-corrected chi connectivity index (χ0v) is 12.9. The van der Waals surface area contributed by atoms with E-state index in [9.17, 15) is 0 Å². The van der Waals surface area contributed by atoms with Crippen LogP contribution in [0.4, 0.5) is 5.13 Å². The number of thiophene rings is 1. The van der Waals surface area contributed by atoms with E-state index in [0.717, 1.165) is 27.0 Å². The Morgan fingerprint density at radius 3 is 3.00 bits per heavy atom. The standard InChI is InChI=1S/C15H13N3OS2/c1-19-12-5-2-4-11(8-12)14-10-21-15(17-14)18-16-9-13-6-3-7-20-13/h2-10H,1H3,(H,17,18)/b16-9-. The lowest BCUT2D eigenvalue weighted by Crippen LogP contribution is -1.89. The van der Waals surface area contributed by atoms with Gasteiger partial charge in [-0.1, -0.05) is 18.2 Å². The minimum Gasteiger partial charge on any atom is -0.497 e. The highest BCUT2D eigenvalue weighted by Gasteiger charge is 2.04. The Hall–Kier alpha value is -2.18. The molecule has 1 aromatic carbocycles. The molecule has 0 unspecified atom stereocenters. The number of nitrogens with one attached hydrogen (secondary N) is 1. The molecule has 106 valence electrons. The molecule has 0 fully saturated rings. The van der Waals surface area contributed by atoms with E-state index in [1.807, 2.05) is 47.2 Å². The molecular weight excluding hydrogens is 302 g/mol. The number of nitrogens with zero attached hydrogens (tertiary/aromatic N) is 2. The van der Waals surface area contributed by atoms with E-state index in [2.05, 4.69) is 15.5 Å². The first-order chi connectivity index (χ1) is 10.3. The van der Waals surface area contributed by atoms with Gasteiger partial charge < -0.3 is 4.74 Å². The highest BCUT2D eigenvalue weighted by atomic mass is 32.1. The second-order valence-corrected chi connectivity index (χ2v) is 5.99. The molecule has 0 spiro atoms. The molecule has 0 atom stereocenters. The monoisotopic (exact) mass is 315 g/mol. The fourth-order valence-electron chi connectivity index (χ4n) is 1.76. The maximum Gasteiger partial charge on any atom is 0.203 e. The summed E-state index contributed by atoms with van der Waals surface area (Å²) in [6.07, 6.45) is 1.79. The molecular formula is C15H13N3OS2. The number of methoxy groups -OCH3 is 1. The van der Waals surface area contributed by atoms with E-state index >= 15 is 0 Å². The van der Waals surface area contributed by atoms with Gasteiger partial charge in [0.25, 0.3) is 0 Å². The van der Waals surface area contributed by atoms with Gasteiger partial charge in [-0.15, -0.1) is 22.7 Å². The number of anilines is 1. The quantitative estimate of drug-likeness (QED) is 0.563. The molecule has 6 heteroatoms. The van der Waals surface area contributed by atoms with Gasteiger partial charge in [-0.3, -0.25) is 5.43 Å². The van der Waals surface area contributed by atoms with Crippen LogP contribution >= 0.6 is 22.7 Å². The summed E-state index contributed by atoms with van der Waals surface area (Å²) >= 11 is 3.17. The van der Waals surface area contributed by atoms with Crippen LogP contribution in [0.2, 0.25) is 0 Å². The van der Waals surface area contributed by atoms with E-state index in [1.54, 1.807) is 24.7 Å². The average molecular weight is 315 g/mol. The minimum atomic E-state index is 0.764. The molecule has 21 heavy (non-hydrogen) atoms. The van der Waals surface area contributed by atoms with Gasteiger partial charge >= 0.3 is 0 Å². The Morgan fingerprint density at radius 2 is 2.19 bits per heavy atom. The summed E-state index contributed by atoms with van der Waals surface area (Å²) in [5.74, 6) is 0.825. The van der Waals surface area contributed by atoms with Crippen molar-refractivity contribution in [3.05, 3.63) is 52.0 Å². The Morgan fingerprint density at radius 1 is 1.24 bits per heavy atom. The minimum absolute atomic E-state index is 0.764. The summed E-state index contributed by atoms with van der Waals surface area (Å²) in [6, 6.07) is 11.9. The van der Waals surface area contributed by atoms with E-state index in [4.69, 9.17) is 4.74 Å². The second-order valence-electron chi connectivity index (χ2n) is 4.16. The average Bonchev–Trinajstić information content (AvgIpc) is 3.19. The van der Waals surface area contributed by atoms with E-state index in [1.165, 1.54) is 11.3 Å². The van der Waals surface area contributed by atoms with Crippen LogP contribution in [0.25, 0.3) is 11.3 Å². The number of hydrazone groups is 1. The van der Waals surface area contributed by atoms with Gasteiger partial charge in [0.05, 0.1) is 19.0 Å². The van der Waals surface area contributed by atoms with Crippen LogP contribution in [-0.4, -0.2) is 18.3 Å². The number of hydrogen-bond acceptors (Lipinski definition) is 6. The normalized spacial score (nSPS) is 10.9. The molecule has 0 saturated heterocycles. The summed E-state index contributed by atoms with van der Waals surface area (Å²) in [6.45, 7) is 0. The Kier molecular flexibility index (Phi) is 4.28. The van der Waals surface area contributed by atoms with Crippen molar-refractivity contribution in [2.24, 2.45) is 5.10 Å². The van der Waals surface area contributed by atoms with Crippen molar-refractivity contribution >= 4 is 34.0 Å². The second kappa shape index (κ2) is 6.51. The number of aromatic nitrogens is 1. The van der Waals surface area contributed by atoms with Crippen LogP contribution in [0.3, 0.4) is 0 Å². The lowest BCUT2D eigenvalue weighted by Gasteiger charge is -2.01. The van der Waals surface area contributed by atoms with Crippen LogP contribution in [0.1, 0.15) is 4.88 Å². The first-order valence-electron chi connectivity index (χ1n) is 6.28. The number of rotatable bonds is 5. The van der Waals surface area contributed by atoms with Crippen molar-refractivity contribution in [2.45, 2.75) is 0 Å². The maximum absolute atomic E-state index is 5.23. The Labute approximate surface area is 130 Å². The predicted molar refractivity (Wildman–Crippen MR) is 89.6 cm³/mol. The lowest BCUT2D eigenvalue weighted by molar-refractivity contribution is 0.415. The van der Waals surface area contributed by atoms with Crippen molar-refractivity contribution < 1.29 is 4.74 Å². The van der Waals surface area contributed by atoms with E-state index in [0.29, 0.717) is 0 Å². The van der Waals surface area contributed by atoms with Gasteiger partial charge in [0.2, 0.25) is 5.13 Å². The van der Waals surface area contributed by atoms with Crippen molar-refractivity contribution in [2.75, 3.05) is 12.5 Å². The zero-order valence-electron chi connectivity index (χ0n) is 11.3. The molecule has 2 heterocycles. The van der Waals surface area contributed by atoms with Gasteiger partial charge in [0.1, 0.15) is 5.75 Å². The molecule has 2 aromatic heterocycles. The summed E-state index contributed by atoms with van der Waals surface area (Å²) < 4.78 is 5.23. The van der Waals surface area contributed by atoms with Crippen molar-refractivity contribution in [3.8, 4) is 17.0 Å². The Balaban J connectivity index is 1.71. The summed E-state index contributed by atoms with van der Waals surface area (Å²) in [4.78, 5) is 5.62. The molecule has 3 aromatic rings. The third-order valence-corrected chi connectivity index (χ3v) is 4.32. The number of benzene rings is 1. The van der Waals surface area contributed by atoms with Crippen LogP contribution in [0.15, 0.2) is 52.3 Å². The molecule has 0 saturated carbocycles. The van der Waals surface area contributed by atoms with Crippen LogP contribution < -0.4 is 10.2 Å². The SMILES string of the molecule is COc1cccc(-c2csc(N/N=C\c3cccs3)n2)c1. The van der Waals surface area contributed by atoms with Gasteiger partial charge in [-0.25, -0.2) is 4.98 Å². The van der Waals surface area contributed by atoms with E-state index in [-0.39, 0.29) is 0 Å². The van der Waals surface area contributed by atoms with Gasteiger partial charge in [0, 0.05) is 15.8 Å². The topological polar surface area (TPSA) is 46.5 Å². The third-order valence-electron chi connectivity index (χ3n) is 2.76. The van der Waals surface area contributed by atoms with Crippen molar-refractivity contribution in [3.63, 3.8) is 0 Å². The fraction of sp³-hybridized carbons (Fsp3) is 0.0667. The highest BCUT2D eigenvalue weighted by molar-refractivity contribution is 7.14.